The van der Waals surface area contributed by atoms with Crippen LogP contribution in [0.1, 0.15) is 19.7 Å². The van der Waals surface area contributed by atoms with Crippen LogP contribution in [-0.4, -0.2) is 23.1 Å². The number of benzene rings is 1. The Bertz CT molecular complexity index is 576. The molecular formula is C15H18ClN3O2. The number of hydrogen-bond donors (Lipinski definition) is 1. The first-order chi connectivity index (χ1) is 10.2. The second-order valence-electron chi connectivity index (χ2n) is 4.23. The molecule has 1 N–H and O–H groups in total. The van der Waals surface area contributed by atoms with Crippen molar-refractivity contribution < 1.29 is 9.47 Å². The van der Waals surface area contributed by atoms with Crippen LogP contribution in [0.3, 0.4) is 0 Å². The van der Waals surface area contributed by atoms with E-state index in [1.165, 1.54) is 0 Å². The van der Waals surface area contributed by atoms with Crippen molar-refractivity contribution >= 4 is 17.4 Å². The molecular weight excluding hydrogens is 290 g/mol. The lowest BCUT2D eigenvalue weighted by atomic mass is 10.3. The number of halogens is 1. The number of ether oxygens (including phenoxy) is 2. The molecule has 0 aliphatic carbocycles. The van der Waals surface area contributed by atoms with Gasteiger partial charge in [-0.25, -0.2) is 4.98 Å². The van der Waals surface area contributed by atoms with Crippen molar-refractivity contribution in [3.8, 4) is 11.6 Å². The molecule has 2 aromatic rings. The summed E-state index contributed by atoms with van der Waals surface area (Å²) in [4.78, 5) is 8.71. The Morgan fingerprint density at radius 2 is 1.90 bits per heavy atom. The quantitative estimate of drug-likeness (QED) is 0.841. The average molecular weight is 308 g/mol. The number of nitrogens with zero attached hydrogens (tertiary/aromatic N) is 2. The molecule has 1 aromatic carbocycles. The van der Waals surface area contributed by atoms with E-state index in [0.29, 0.717) is 41.5 Å². The van der Waals surface area contributed by atoms with Crippen LogP contribution in [0.15, 0.2) is 30.3 Å². The number of hydrogen-bond acceptors (Lipinski definition) is 5. The third-order valence-corrected chi connectivity index (χ3v) is 2.83. The Kier molecular flexibility index (Phi) is 5.78. The van der Waals surface area contributed by atoms with Crippen LogP contribution < -0.4 is 10.1 Å². The fourth-order valence-electron chi connectivity index (χ4n) is 1.68. The van der Waals surface area contributed by atoms with Gasteiger partial charge < -0.3 is 14.8 Å². The van der Waals surface area contributed by atoms with Crippen LogP contribution in [0.4, 0.5) is 5.82 Å². The van der Waals surface area contributed by atoms with E-state index in [0.717, 1.165) is 6.54 Å². The molecule has 0 spiro atoms. The van der Waals surface area contributed by atoms with Gasteiger partial charge in [0.15, 0.2) is 5.82 Å². The Hall–Kier alpha value is -1.85. The summed E-state index contributed by atoms with van der Waals surface area (Å²) >= 11 is 5.86. The monoisotopic (exact) mass is 307 g/mol. The van der Waals surface area contributed by atoms with E-state index >= 15 is 0 Å². The van der Waals surface area contributed by atoms with Gasteiger partial charge in [0.2, 0.25) is 5.88 Å². The van der Waals surface area contributed by atoms with Crippen molar-refractivity contribution in [2.75, 3.05) is 18.5 Å². The summed E-state index contributed by atoms with van der Waals surface area (Å²) in [6, 6.07) is 8.88. The largest absolute Gasteiger partial charge is 0.439 e. The third kappa shape index (κ3) is 4.88. The van der Waals surface area contributed by atoms with E-state index in [4.69, 9.17) is 21.1 Å². The van der Waals surface area contributed by atoms with Gasteiger partial charge >= 0.3 is 0 Å². The Labute approximate surface area is 129 Å². The van der Waals surface area contributed by atoms with E-state index in [1.54, 1.807) is 30.3 Å². The second kappa shape index (κ2) is 7.81. The maximum Gasteiger partial charge on any atom is 0.224 e. The van der Waals surface area contributed by atoms with Crippen LogP contribution in [0.2, 0.25) is 5.02 Å². The SMILES string of the molecule is CCNc1cc(Oc2ccc(Cl)cc2)nc(COCC)n1. The topological polar surface area (TPSA) is 56.3 Å². The number of anilines is 1. The highest BCUT2D eigenvalue weighted by atomic mass is 35.5. The van der Waals surface area contributed by atoms with E-state index in [9.17, 15) is 0 Å². The van der Waals surface area contributed by atoms with E-state index in [2.05, 4.69) is 15.3 Å². The van der Waals surface area contributed by atoms with Crippen molar-refractivity contribution in [2.45, 2.75) is 20.5 Å². The van der Waals surface area contributed by atoms with Gasteiger partial charge in [0.1, 0.15) is 18.2 Å². The van der Waals surface area contributed by atoms with Crippen molar-refractivity contribution in [1.29, 1.82) is 0 Å². The molecule has 112 valence electrons. The zero-order valence-electron chi connectivity index (χ0n) is 12.1. The molecule has 0 unspecified atom stereocenters. The van der Waals surface area contributed by atoms with E-state index in [1.807, 2.05) is 13.8 Å². The lowest BCUT2D eigenvalue weighted by Gasteiger charge is -2.10. The average Bonchev–Trinajstić information content (AvgIpc) is 2.48. The molecule has 2 rings (SSSR count). The zero-order valence-corrected chi connectivity index (χ0v) is 12.9. The Balaban J connectivity index is 2.19. The first kappa shape index (κ1) is 15.5. The first-order valence-corrected chi connectivity index (χ1v) is 7.22. The summed E-state index contributed by atoms with van der Waals surface area (Å²) in [6.45, 7) is 5.67. The van der Waals surface area contributed by atoms with Crippen LogP contribution in [0.25, 0.3) is 0 Å². The minimum Gasteiger partial charge on any atom is -0.439 e. The molecule has 1 aromatic heterocycles. The molecule has 0 fully saturated rings. The van der Waals surface area contributed by atoms with E-state index < -0.39 is 0 Å². The maximum absolute atomic E-state index is 5.86. The predicted octanol–water partition coefficient (Wildman–Crippen LogP) is 3.89. The molecule has 0 saturated carbocycles. The summed E-state index contributed by atoms with van der Waals surface area (Å²) in [6.07, 6.45) is 0. The molecule has 6 heteroatoms. The smallest absolute Gasteiger partial charge is 0.224 e. The van der Waals surface area contributed by atoms with Gasteiger partial charge in [-0.1, -0.05) is 11.6 Å². The van der Waals surface area contributed by atoms with Crippen molar-refractivity contribution in [2.24, 2.45) is 0 Å². The minimum absolute atomic E-state index is 0.354. The van der Waals surface area contributed by atoms with Gasteiger partial charge in [-0.2, -0.15) is 4.98 Å². The second-order valence-corrected chi connectivity index (χ2v) is 4.67. The molecule has 0 amide bonds. The molecule has 0 saturated heterocycles. The van der Waals surface area contributed by atoms with Gasteiger partial charge in [-0.05, 0) is 38.1 Å². The third-order valence-electron chi connectivity index (χ3n) is 2.58. The van der Waals surface area contributed by atoms with Gasteiger partial charge in [-0.15, -0.1) is 0 Å². The van der Waals surface area contributed by atoms with Gasteiger partial charge in [0.05, 0.1) is 0 Å². The van der Waals surface area contributed by atoms with Gasteiger partial charge in [-0.3, -0.25) is 0 Å². The molecule has 1 heterocycles. The normalized spacial score (nSPS) is 10.4. The summed E-state index contributed by atoms with van der Waals surface area (Å²) in [5, 5.41) is 3.81. The van der Waals surface area contributed by atoms with Crippen LogP contribution in [0, 0.1) is 0 Å². The number of aromatic nitrogens is 2. The first-order valence-electron chi connectivity index (χ1n) is 6.84. The van der Waals surface area contributed by atoms with Gasteiger partial charge in [0.25, 0.3) is 0 Å². The molecule has 5 nitrogen and oxygen atoms in total. The predicted molar refractivity (Wildman–Crippen MR) is 83.1 cm³/mol. The standard InChI is InChI=1S/C15H18ClN3O2/c1-3-17-13-9-15(19-14(18-13)10-20-4-2)21-12-7-5-11(16)6-8-12/h5-9H,3-4,10H2,1-2H3,(H,17,18,19). The lowest BCUT2D eigenvalue weighted by Crippen LogP contribution is -2.06. The fourth-order valence-corrected chi connectivity index (χ4v) is 1.80. The molecule has 0 radical (unpaired) electrons. The number of nitrogens with one attached hydrogen (secondary N) is 1. The van der Waals surface area contributed by atoms with Crippen molar-refractivity contribution in [3.05, 3.63) is 41.2 Å². The summed E-state index contributed by atoms with van der Waals surface area (Å²) < 4.78 is 11.1. The summed E-state index contributed by atoms with van der Waals surface area (Å²) in [7, 11) is 0. The maximum atomic E-state index is 5.86. The lowest BCUT2D eigenvalue weighted by molar-refractivity contribution is 0.128. The van der Waals surface area contributed by atoms with Crippen LogP contribution in [0.5, 0.6) is 11.6 Å². The highest BCUT2D eigenvalue weighted by molar-refractivity contribution is 6.30. The highest BCUT2D eigenvalue weighted by Crippen LogP contribution is 2.23. The van der Waals surface area contributed by atoms with Crippen molar-refractivity contribution in [1.82, 2.24) is 9.97 Å². The van der Waals surface area contributed by atoms with Crippen LogP contribution in [-0.2, 0) is 11.3 Å². The Morgan fingerprint density at radius 3 is 2.57 bits per heavy atom. The zero-order chi connectivity index (χ0) is 15.1. The van der Waals surface area contributed by atoms with Gasteiger partial charge in [0, 0.05) is 24.2 Å². The molecule has 0 aliphatic rings. The van der Waals surface area contributed by atoms with E-state index in [-0.39, 0.29) is 0 Å². The number of rotatable bonds is 7. The fraction of sp³-hybridized carbons (Fsp3) is 0.333. The molecule has 21 heavy (non-hydrogen) atoms. The molecule has 0 aliphatic heterocycles. The molecule has 0 atom stereocenters. The van der Waals surface area contributed by atoms with Crippen molar-refractivity contribution in [3.63, 3.8) is 0 Å². The highest BCUT2D eigenvalue weighted by Gasteiger charge is 2.07. The summed E-state index contributed by atoms with van der Waals surface area (Å²) in [5.74, 6) is 2.44. The minimum atomic E-state index is 0.354. The molecule has 0 bridgehead atoms. The Morgan fingerprint density at radius 1 is 1.14 bits per heavy atom. The van der Waals surface area contributed by atoms with Crippen LogP contribution >= 0.6 is 11.6 Å². The summed E-state index contributed by atoms with van der Waals surface area (Å²) in [5.41, 5.74) is 0.